The molecule has 1 atom stereocenters. The van der Waals surface area contributed by atoms with Crippen molar-refractivity contribution >= 4 is 11.9 Å². The first-order valence-corrected chi connectivity index (χ1v) is 4.64. The second kappa shape index (κ2) is 8.24. The summed E-state index contributed by atoms with van der Waals surface area (Å²) in [6.45, 7) is -0.120. The minimum absolute atomic E-state index is 0.0174. The van der Waals surface area contributed by atoms with Crippen LogP contribution in [0.15, 0.2) is 0 Å². The second-order valence-corrected chi connectivity index (χ2v) is 2.97. The molecule has 98 valence electrons. The third-order valence-electron chi connectivity index (χ3n) is 1.62. The maximum absolute atomic E-state index is 11.1. The lowest BCUT2D eigenvalue weighted by molar-refractivity contribution is -1.03. The minimum Gasteiger partial charge on any atom is -0.480 e. The van der Waals surface area contributed by atoms with Gasteiger partial charge in [-0.25, -0.2) is 0 Å². The van der Waals surface area contributed by atoms with E-state index in [2.05, 4.69) is 15.2 Å². The van der Waals surface area contributed by atoms with Crippen LogP contribution in [-0.2, 0) is 19.5 Å². The Bertz CT molecular complexity index is 283. The average Bonchev–Trinajstić information content (AvgIpc) is 2.24. The number of carboxylic acids is 1. The molecule has 1 unspecified atom stereocenters. The summed E-state index contributed by atoms with van der Waals surface area (Å²) in [4.78, 5) is 38.9. The van der Waals surface area contributed by atoms with Gasteiger partial charge in [0.15, 0.2) is 0 Å². The summed E-state index contributed by atoms with van der Waals surface area (Å²) in [6.07, 6.45) is -0.0223. The zero-order valence-electron chi connectivity index (χ0n) is 8.87. The normalized spacial score (nSPS) is 11.6. The summed E-state index contributed by atoms with van der Waals surface area (Å²) in [5, 5.41) is 17.8. The molecule has 0 aromatic carbocycles. The summed E-state index contributed by atoms with van der Waals surface area (Å²) >= 11 is 0. The number of rotatable bonds is 9. The van der Waals surface area contributed by atoms with Crippen molar-refractivity contribution in [2.24, 2.45) is 5.73 Å². The highest BCUT2D eigenvalue weighted by molar-refractivity contribution is 5.78. The standard InChI is InChI=1S/C7H13N3O7/c8-5(7(12)13)1-2-6(11)9-3-4-16-17-10(14)15/h5H,1-4,8H2,(H2-,9,11,12,13,14,15)/p+1. The Hall–Kier alpha value is -1.94. The summed E-state index contributed by atoms with van der Waals surface area (Å²) in [5.41, 5.74) is 5.18. The molecule has 5 N–H and O–H groups in total. The summed E-state index contributed by atoms with van der Waals surface area (Å²) in [6, 6.07) is -1.08. The van der Waals surface area contributed by atoms with Crippen LogP contribution in [0.1, 0.15) is 12.8 Å². The third kappa shape index (κ3) is 9.02. The third-order valence-corrected chi connectivity index (χ3v) is 1.62. The Morgan fingerprint density at radius 1 is 1.47 bits per heavy atom. The predicted molar refractivity (Wildman–Crippen MR) is 50.3 cm³/mol. The number of amides is 1. The molecular weight excluding hydrogens is 238 g/mol. The summed E-state index contributed by atoms with van der Waals surface area (Å²) in [7, 11) is 0. The van der Waals surface area contributed by atoms with Crippen molar-refractivity contribution in [3.8, 4) is 0 Å². The van der Waals surface area contributed by atoms with Gasteiger partial charge in [0, 0.05) is 18.0 Å². The number of carbonyl (C=O) groups is 2. The van der Waals surface area contributed by atoms with Crippen LogP contribution in [0, 0.1) is 4.91 Å². The number of carbonyl (C=O) groups excluding carboxylic acids is 1. The highest BCUT2D eigenvalue weighted by atomic mass is 17.3. The maximum atomic E-state index is 11.1. The van der Waals surface area contributed by atoms with Crippen LogP contribution in [0.25, 0.3) is 0 Å². The van der Waals surface area contributed by atoms with Gasteiger partial charge in [-0.2, -0.15) is 5.21 Å². The lowest BCUT2D eigenvalue weighted by atomic mass is 10.1. The van der Waals surface area contributed by atoms with Crippen LogP contribution in [-0.4, -0.2) is 46.5 Å². The molecule has 0 radical (unpaired) electrons. The van der Waals surface area contributed by atoms with E-state index in [1.165, 1.54) is 0 Å². The minimum atomic E-state index is -1.17. The SMILES string of the molecule is NC(CCC(=O)NCCOO[N+](=O)O)C(=O)O. The molecule has 0 spiro atoms. The van der Waals surface area contributed by atoms with Crippen molar-refractivity contribution in [1.29, 1.82) is 0 Å². The van der Waals surface area contributed by atoms with Gasteiger partial charge < -0.3 is 16.2 Å². The Morgan fingerprint density at radius 2 is 2.12 bits per heavy atom. The van der Waals surface area contributed by atoms with Crippen molar-refractivity contribution in [1.82, 2.24) is 5.32 Å². The number of aliphatic carboxylic acids is 1. The Kier molecular flexibility index (Phi) is 7.30. The fourth-order valence-corrected chi connectivity index (χ4v) is 0.813. The number of carboxylic acid groups (broad SMARTS) is 1. The molecule has 17 heavy (non-hydrogen) atoms. The first kappa shape index (κ1) is 15.1. The van der Waals surface area contributed by atoms with Gasteiger partial charge in [-0.05, 0) is 6.42 Å². The maximum Gasteiger partial charge on any atom is 0.509 e. The first-order valence-electron chi connectivity index (χ1n) is 4.64. The number of nitrogens with one attached hydrogen (secondary N) is 1. The molecule has 0 aliphatic heterocycles. The average molecular weight is 252 g/mol. The monoisotopic (exact) mass is 252 g/mol. The van der Waals surface area contributed by atoms with E-state index in [4.69, 9.17) is 16.0 Å². The topological polar surface area (TPSA) is 151 Å². The lowest BCUT2D eigenvalue weighted by Crippen LogP contribution is -2.33. The van der Waals surface area contributed by atoms with Crippen molar-refractivity contribution in [3.05, 3.63) is 4.91 Å². The zero-order chi connectivity index (χ0) is 13.3. The summed E-state index contributed by atoms with van der Waals surface area (Å²) in [5.74, 6) is -1.58. The zero-order valence-corrected chi connectivity index (χ0v) is 8.87. The second-order valence-electron chi connectivity index (χ2n) is 2.97. The van der Waals surface area contributed by atoms with E-state index >= 15 is 0 Å². The largest absolute Gasteiger partial charge is 0.509 e. The molecule has 0 rings (SSSR count). The van der Waals surface area contributed by atoms with Gasteiger partial charge in [0.25, 0.3) is 0 Å². The van der Waals surface area contributed by atoms with E-state index in [0.29, 0.717) is 0 Å². The van der Waals surface area contributed by atoms with Gasteiger partial charge in [-0.15, -0.1) is 4.89 Å². The van der Waals surface area contributed by atoms with Crippen LogP contribution in [0.5, 0.6) is 0 Å². The van der Waals surface area contributed by atoms with E-state index < -0.39 is 23.0 Å². The van der Waals surface area contributed by atoms with Crippen LogP contribution in [0.3, 0.4) is 0 Å². The molecule has 0 aromatic heterocycles. The van der Waals surface area contributed by atoms with Gasteiger partial charge in [0.2, 0.25) is 5.91 Å². The molecule has 0 fully saturated rings. The lowest BCUT2D eigenvalue weighted by Gasteiger charge is -2.06. The molecule has 0 saturated heterocycles. The van der Waals surface area contributed by atoms with Crippen LogP contribution in [0.2, 0.25) is 0 Å². The van der Waals surface area contributed by atoms with Crippen molar-refractivity contribution < 1.29 is 34.9 Å². The molecule has 10 nitrogen and oxygen atoms in total. The molecule has 0 aliphatic carbocycles. The van der Waals surface area contributed by atoms with Crippen LogP contribution >= 0.6 is 0 Å². The molecule has 0 bridgehead atoms. The van der Waals surface area contributed by atoms with Crippen molar-refractivity contribution in [3.63, 3.8) is 0 Å². The van der Waals surface area contributed by atoms with E-state index in [1.54, 1.807) is 0 Å². The smallest absolute Gasteiger partial charge is 0.480 e. The molecule has 1 amide bonds. The van der Waals surface area contributed by atoms with Gasteiger partial charge in [-0.1, -0.05) is 0 Å². The highest BCUT2D eigenvalue weighted by Crippen LogP contribution is 1.94. The van der Waals surface area contributed by atoms with E-state index in [-0.39, 0.29) is 26.0 Å². The Morgan fingerprint density at radius 3 is 2.65 bits per heavy atom. The number of nitrogens with zero attached hydrogens (tertiary/aromatic N) is 1. The number of nitrogens with two attached hydrogens (primary N) is 1. The molecule has 0 aromatic rings. The van der Waals surface area contributed by atoms with Crippen molar-refractivity contribution in [2.75, 3.05) is 13.2 Å². The first-order chi connectivity index (χ1) is 7.93. The number of hydrogen-bond acceptors (Lipinski definition) is 6. The number of hydrogen-bond donors (Lipinski definition) is 4. The fraction of sp³-hybridized carbons (Fsp3) is 0.714. The van der Waals surface area contributed by atoms with Crippen LogP contribution < -0.4 is 11.1 Å². The van der Waals surface area contributed by atoms with Gasteiger partial charge in [-0.3, -0.25) is 9.59 Å². The molecular formula is C7H14N3O7+. The van der Waals surface area contributed by atoms with E-state index in [1.807, 2.05) is 0 Å². The predicted octanol–water partition coefficient (Wildman–Crippen LogP) is -1.67. The Labute approximate surface area is 95.7 Å². The Balaban J connectivity index is 3.47. The highest BCUT2D eigenvalue weighted by Gasteiger charge is 2.13. The summed E-state index contributed by atoms with van der Waals surface area (Å²) < 4.78 is 0. The molecule has 0 heterocycles. The van der Waals surface area contributed by atoms with E-state index in [0.717, 1.165) is 0 Å². The molecule has 0 aliphatic rings. The molecule has 10 heteroatoms. The van der Waals surface area contributed by atoms with E-state index in [9.17, 15) is 14.5 Å². The van der Waals surface area contributed by atoms with Gasteiger partial charge in [0.05, 0.1) is 0 Å². The van der Waals surface area contributed by atoms with Gasteiger partial charge >= 0.3 is 11.1 Å². The molecule has 0 saturated carbocycles. The quantitative estimate of drug-likeness (QED) is 0.216. The van der Waals surface area contributed by atoms with Crippen molar-refractivity contribution in [2.45, 2.75) is 18.9 Å². The van der Waals surface area contributed by atoms with Gasteiger partial charge in [0.1, 0.15) is 17.6 Å². The fourth-order valence-electron chi connectivity index (χ4n) is 0.813. The van der Waals surface area contributed by atoms with Crippen LogP contribution in [0.4, 0.5) is 0 Å².